The van der Waals surface area contributed by atoms with Crippen molar-refractivity contribution in [2.24, 2.45) is 0 Å². The van der Waals surface area contributed by atoms with E-state index in [1.54, 1.807) is 0 Å². The normalized spacial score (nSPS) is 12.3. The molecule has 0 N–H and O–H groups in total. The van der Waals surface area contributed by atoms with Crippen molar-refractivity contribution in [3.63, 3.8) is 0 Å². The third-order valence-electron chi connectivity index (χ3n) is 12.7. The molecule has 0 bridgehead atoms. The van der Waals surface area contributed by atoms with Crippen LogP contribution in [-0.2, 0) is 20.1 Å². The Morgan fingerprint density at radius 2 is 1.27 bits per heavy atom. The summed E-state index contributed by atoms with van der Waals surface area (Å²) in [6.07, 6.45) is 2.00. The van der Waals surface area contributed by atoms with Gasteiger partial charge < -0.3 is 13.4 Å². The van der Waals surface area contributed by atoms with E-state index in [2.05, 4.69) is 158 Å². The number of pyridine rings is 1. The summed E-state index contributed by atoms with van der Waals surface area (Å²) in [5, 5.41) is 4.23. The van der Waals surface area contributed by atoms with Crippen LogP contribution in [0.25, 0.3) is 94.4 Å². The third kappa shape index (κ3) is 8.50. The van der Waals surface area contributed by atoms with Crippen molar-refractivity contribution >= 4 is 72.6 Å². The molecule has 7 aromatic carbocycles. The van der Waals surface area contributed by atoms with Gasteiger partial charge in [0.25, 0.3) is 0 Å². The predicted octanol–water partition coefficient (Wildman–Crippen LogP) is 16.4. The first-order valence-electron chi connectivity index (χ1n) is 23.5. The zero-order chi connectivity index (χ0) is 46.8. The van der Waals surface area contributed by atoms with E-state index in [0.717, 1.165) is 83.1 Å². The van der Waals surface area contributed by atoms with Crippen LogP contribution >= 0.6 is 0 Å². The molecule has 0 amide bonds. The van der Waals surface area contributed by atoms with Crippen LogP contribution in [0.2, 0.25) is 17.3 Å². The van der Waals surface area contributed by atoms with Gasteiger partial charge in [0.2, 0.25) is 0 Å². The number of para-hydroxylation sites is 3. The molecule has 0 saturated heterocycles. The number of imidazole rings is 1. The SMILES string of the molecule is CC(C)c1cc(-c2ccccc2)cc(C(C)C)c1-n1c(-c2[c-]ccc3c2oc2ccc4oc5ccccc5c4c23)nc2ccccc21.[2H]C(C)(C)c1cc(-c2[c-]cccc2)nc[c]1[Ge]([CH3])([CH3])[CH3].[Ir]. The molecule has 0 aliphatic heterocycles. The quantitative estimate of drug-likeness (QED) is 0.112. The molecule has 0 atom stereocenters. The van der Waals surface area contributed by atoms with Crippen LogP contribution in [0, 0.1) is 12.1 Å². The second kappa shape index (κ2) is 18.6. The Morgan fingerprint density at radius 3 is 1.96 bits per heavy atom. The maximum absolute atomic E-state index is 8.44. The van der Waals surface area contributed by atoms with Crippen molar-refractivity contribution in [1.29, 1.82) is 0 Å². The van der Waals surface area contributed by atoms with Gasteiger partial charge in [-0.15, -0.1) is 18.2 Å². The van der Waals surface area contributed by atoms with Crippen LogP contribution in [0.4, 0.5) is 0 Å². The Labute approximate surface area is 411 Å². The summed E-state index contributed by atoms with van der Waals surface area (Å²) in [5.74, 6) is 7.81. The average molecular weight is 1120 g/mol. The zero-order valence-corrected chi connectivity index (χ0v) is 44.1. The van der Waals surface area contributed by atoms with E-state index in [9.17, 15) is 0 Å². The Morgan fingerprint density at radius 1 is 0.612 bits per heavy atom. The van der Waals surface area contributed by atoms with Crippen LogP contribution in [0.15, 0.2) is 161 Å². The molecule has 11 rings (SSSR count). The van der Waals surface area contributed by atoms with E-state index < -0.39 is 19.2 Å². The minimum absolute atomic E-state index is 0. The van der Waals surface area contributed by atoms with Crippen molar-refractivity contribution in [1.82, 2.24) is 14.5 Å². The zero-order valence-electron chi connectivity index (χ0n) is 40.6. The average Bonchev–Trinajstić information content (AvgIpc) is 4.02. The second-order valence-electron chi connectivity index (χ2n) is 19.2. The van der Waals surface area contributed by atoms with Gasteiger partial charge in [0, 0.05) is 42.0 Å². The van der Waals surface area contributed by atoms with E-state index in [0.29, 0.717) is 0 Å². The summed E-state index contributed by atoms with van der Waals surface area (Å²) < 4.78 is 25.1. The predicted molar refractivity (Wildman–Crippen MR) is 279 cm³/mol. The molecule has 4 heterocycles. The summed E-state index contributed by atoms with van der Waals surface area (Å²) >= 11 is -2.03. The first-order valence-corrected chi connectivity index (χ1v) is 30.4. The maximum Gasteiger partial charge on any atom is 0 e. The Balaban J connectivity index is 0.000000232. The Bertz CT molecular complexity index is 3580. The first kappa shape index (κ1) is 44.8. The topological polar surface area (TPSA) is 57.0 Å². The van der Waals surface area contributed by atoms with Gasteiger partial charge >= 0.3 is 120 Å². The monoisotopic (exact) mass is 1120 g/mol. The number of rotatable bonds is 8. The largest absolute Gasteiger partial charge is 0 e. The van der Waals surface area contributed by atoms with Crippen LogP contribution < -0.4 is 4.40 Å². The fraction of sp³-hybridized carbons (Fsp3) is 0.200. The van der Waals surface area contributed by atoms with Gasteiger partial charge in [-0.05, 0) is 76.6 Å². The number of hydrogen-bond acceptors (Lipinski definition) is 4. The van der Waals surface area contributed by atoms with Gasteiger partial charge in [0.05, 0.1) is 22.4 Å². The molecular weight excluding hydrogens is 1060 g/mol. The molecule has 0 unspecified atom stereocenters. The maximum atomic E-state index is 8.44. The van der Waals surface area contributed by atoms with Gasteiger partial charge in [0.1, 0.15) is 16.7 Å². The summed E-state index contributed by atoms with van der Waals surface area (Å²) in [5.41, 5.74) is 15.4. The van der Waals surface area contributed by atoms with Gasteiger partial charge in [-0.25, -0.2) is 0 Å². The van der Waals surface area contributed by atoms with Crippen molar-refractivity contribution in [2.45, 2.75) is 76.5 Å². The van der Waals surface area contributed by atoms with E-state index in [4.69, 9.17) is 15.2 Å². The fourth-order valence-corrected chi connectivity index (χ4v) is 12.7. The number of furan rings is 2. The van der Waals surface area contributed by atoms with Gasteiger partial charge in [0.15, 0.2) is 0 Å². The van der Waals surface area contributed by atoms with Gasteiger partial charge in [-0.1, -0.05) is 99.3 Å². The number of fused-ring (bicyclic) bond motifs is 8. The summed E-state index contributed by atoms with van der Waals surface area (Å²) in [4.78, 5) is 9.94. The molecule has 67 heavy (non-hydrogen) atoms. The van der Waals surface area contributed by atoms with Crippen molar-refractivity contribution < 1.29 is 30.3 Å². The molecule has 7 heteroatoms. The van der Waals surface area contributed by atoms with Gasteiger partial charge in [-0.3, -0.25) is 4.98 Å². The van der Waals surface area contributed by atoms with Crippen LogP contribution in [0.1, 0.15) is 77.3 Å². The number of hydrogen-bond donors (Lipinski definition) is 0. The van der Waals surface area contributed by atoms with Crippen molar-refractivity contribution in [3.8, 4) is 39.5 Å². The molecule has 0 fully saturated rings. The summed E-state index contributed by atoms with van der Waals surface area (Å²) in [7, 11) is 0. The van der Waals surface area contributed by atoms with E-state index in [1.807, 2.05) is 74.6 Å². The van der Waals surface area contributed by atoms with Crippen LogP contribution in [-0.4, -0.2) is 27.8 Å². The van der Waals surface area contributed by atoms with Crippen LogP contribution in [0.5, 0.6) is 0 Å². The molecule has 0 spiro atoms. The third-order valence-corrected chi connectivity index (χ3v) is 16.9. The molecule has 1 radical (unpaired) electrons. The second-order valence-corrected chi connectivity index (χ2v) is 29.8. The first-order chi connectivity index (χ1) is 32.2. The number of nitrogens with zero attached hydrogens (tertiary/aromatic N) is 3. The number of aromatic nitrogens is 3. The minimum atomic E-state index is -2.03. The van der Waals surface area contributed by atoms with E-state index >= 15 is 0 Å². The molecule has 0 aliphatic rings. The summed E-state index contributed by atoms with van der Waals surface area (Å²) in [6.45, 7) is 13.0. The number of benzene rings is 7. The summed E-state index contributed by atoms with van der Waals surface area (Å²) in [6, 6.07) is 56.9. The molecule has 11 aromatic rings. The molecule has 337 valence electrons. The van der Waals surface area contributed by atoms with E-state index in [1.165, 1.54) is 32.3 Å². The van der Waals surface area contributed by atoms with E-state index in [-0.39, 0.29) is 31.9 Å². The Hall–Kier alpha value is -6.05. The molecule has 4 aromatic heterocycles. The van der Waals surface area contributed by atoms with Crippen molar-refractivity contribution in [2.75, 3.05) is 0 Å². The minimum Gasteiger partial charge on any atom is 0 e. The van der Waals surface area contributed by atoms with Crippen LogP contribution in [0.3, 0.4) is 0 Å². The van der Waals surface area contributed by atoms with Gasteiger partial charge in [-0.2, -0.15) is 0 Å². The molecular formula is C60H55GeIrN3O2-2. The standard InChI is InChI=1S/C43H33N2O2.C17H22GeN.Ir/c1-25(2)32-23-28(27-13-6-5-7-14-27)24-33(26(3)4)41(32)45-35-19-10-9-18-34(35)44-43(45)31-17-12-16-30-40-38(47-42(30)31)22-21-37-39(40)29-15-8-11-20-36(29)46-37;1-13(2)15-11-17(14-9-7-6-8-10-14)19-12-16(15)18(3,4)5;/h5-16,18-26H,1-4H3;6-9,11-13H,1-5H3;/q2*-1;/i;13D;. The molecule has 0 saturated carbocycles. The Kier molecular flexibility index (Phi) is 12.4. The smallest absolute Gasteiger partial charge is 0 e. The molecule has 5 nitrogen and oxygen atoms in total. The van der Waals surface area contributed by atoms with Crippen molar-refractivity contribution in [3.05, 3.63) is 181 Å². The molecule has 0 aliphatic carbocycles. The fourth-order valence-electron chi connectivity index (χ4n) is 9.42.